The number of hydrogen-bond acceptors (Lipinski definition) is 6. The number of benzene rings is 2. The van der Waals surface area contributed by atoms with Crippen LogP contribution in [0.1, 0.15) is 5.56 Å². The van der Waals surface area contributed by atoms with Crippen LogP contribution in [0.2, 0.25) is 0 Å². The van der Waals surface area contributed by atoms with Crippen molar-refractivity contribution in [3.05, 3.63) is 53.8 Å². The van der Waals surface area contributed by atoms with Crippen LogP contribution in [-0.4, -0.2) is 25.1 Å². The molecular formula is C18H15FN2O4S. The average Bonchev–Trinajstić information content (AvgIpc) is 2.62. The summed E-state index contributed by atoms with van der Waals surface area (Å²) < 4.78 is 22.7. The molecule has 0 radical (unpaired) electrons. The molecule has 0 spiro atoms. The first kappa shape index (κ1) is 19.3. The summed E-state index contributed by atoms with van der Waals surface area (Å²) in [4.78, 5) is 24.2. The largest absolute Gasteiger partial charge is 0.482 e. The van der Waals surface area contributed by atoms with Gasteiger partial charge in [0.05, 0.1) is 0 Å². The van der Waals surface area contributed by atoms with E-state index < -0.39 is 30.9 Å². The van der Waals surface area contributed by atoms with Gasteiger partial charge in [0.25, 0.3) is 5.91 Å². The Kier molecular flexibility index (Phi) is 7.00. The van der Waals surface area contributed by atoms with Crippen LogP contribution < -0.4 is 10.1 Å². The molecule has 0 heterocycles. The van der Waals surface area contributed by atoms with Crippen LogP contribution in [0, 0.1) is 23.4 Å². The van der Waals surface area contributed by atoms with E-state index >= 15 is 0 Å². The molecule has 8 heteroatoms. The number of nitrogens with one attached hydrogen (secondary N) is 1. The zero-order valence-electron chi connectivity index (χ0n) is 13.8. The summed E-state index contributed by atoms with van der Waals surface area (Å²) >= 11 is 1.02. The number of anilines is 1. The number of rotatable bonds is 7. The molecule has 0 saturated heterocycles. The van der Waals surface area contributed by atoms with Gasteiger partial charge < -0.3 is 14.8 Å². The molecule has 0 aromatic heterocycles. The van der Waals surface area contributed by atoms with E-state index in [2.05, 4.69) is 5.32 Å². The van der Waals surface area contributed by atoms with Crippen LogP contribution in [-0.2, 0) is 14.3 Å². The van der Waals surface area contributed by atoms with Crippen molar-refractivity contribution in [3.8, 4) is 11.2 Å². The fraction of sp³-hybridized carbons (Fsp3) is 0.167. The van der Waals surface area contributed by atoms with Crippen molar-refractivity contribution >= 4 is 29.3 Å². The summed E-state index contributed by atoms with van der Waals surface area (Å²) in [6.07, 6.45) is 0. The lowest BCUT2D eigenvalue weighted by Gasteiger charge is -2.10. The number of hydrogen-bond donors (Lipinski definition) is 1. The Bertz CT molecular complexity index is 834. The molecule has 0 saturated carbocycles. The molecule has 0 unspecified atom stereocenters. The minimum absolute atomic E-state index is 0.318. The van der Waals surface area contributed by atoms with Crippen LogP contribution in [0.3, 0.4) is 0 Å². The Morgan fingerprint density at radius 3 is 2.58 bits per heavy atom. The molecule has 26 heavy (non-hydrogen) atoms. The SMILES string of the molecule is Cc1cc(SC#N)ccc1NC(=O)COC(=O)COc1ccc(F)cc1. The Balaban J connectivity index is 1.76. The highest BCUT2D eigenvalue weighted by molar-refractivity contribution is 8.03. The van der Waals surface area contributed by atoms with Gasteiger partial charge in [-0.1, -0.05) is 0 Å². The number of carbonyl (C=O) groups is 2. The fourth-order valence-electron chi connectivity index (χ4n) is 1.94. The number of ether oxygens (including phenoxy) is 2. The summed E-state index contributed by atoms with van der Waals surface area (Å²) in [5, 5.41) is 13.2. The van der Waals surface area contributed by atoms with Gasteiger partial charge in [0, 0.05) is 10.6 Å². The van der Waals surface area contributed by atoms with Crippen molar-refractivity contribution in [2.75, 3.05) is 18.5 Å². The van der Waals surface area contributed by atoms with Gasteiger partial charge in [0.1, 0.15) is 17.0 Å². The minimum atomic E-state index is -0.720. The molecule has 0 aliphatic carbocycles. The number of nitrogens with zero attached hydrogens (tertiary/aromatic N) is 1. The number of halogens is 1. The Morgan fingerprint density at radius 1 is 1.19 bits per heavy atom. The van der Waals surface area contributed by atoms with Crippen LogP contribution >= 0.6 is 11.8 Å². The van der Waals surface area contributed by atoms with Crippen LogP contribution in [0.15, 0.2) is 47.4 Å². The number of aryl methyl sites for hydroxylation is 1. The first-order chi connectivity index (χ1) is 12.5. The summed E-state index contributed by atoms with van der Waals surface area (Å²) in [6, 6.07) is 10.3. The van der Waals surface area contributed by atoms with Crippen molar-refractivity contribution in [2.45, 2.75) is 11.8 Å². The highest BCUT2D eigenvalue weighted by Gasteiger charge is 2.10. The molecule has 1 N–H and O–H groups in total. The van der Waals surface area contributed by atoms with E-state index in [-0.39, 0.29) is 0 Å². The van der Waals surface area contributed by atoms with Gasteiger partial charge in [-0.15, -0.1) is 0 Å². The summed E-state index contributed by atoms with van der Waals surface area (Å²) in [6.45, 7) is 0.942. The second-order valence-electron chi connectivity index (χ2n) is 5.12. The maximum Gasteiger partial charge on any atom is 0.344 e. The molecular weight excluding hydrogens is 359 g/mol. The van der Waals surface area contributed by atoms with E-state index in [4.69, 9.17) is 14.7 Å². The van der Waals surface area contributed by atoms with E-state index in [1.807, 2.05) is 5.40 Å². The molecule has 1 amide bonds. The third-order valence-electron chi connectivity index (χ3n) is 3.17. The summed E-state index contributed by atoms with van der Waals surface area (Å²) in [7, 11) is 0. The van der Waals surface area contributed by atoms with Crippen molar-refractivity contribution in [3.63, 3.8) is 0 Å². The minimum Gasteiger partial charge on any atom is -0.482 e. The number of nitriles is 1. The number of thioether (sulfide) groups is 1. The molecule has 0 atom stereocenters. The van der Waals surface area contributed by atoms with Crippen LogP contribution in [0.4, 0.5) is 10.1 Å². The molecule has 0 fully saturated rings. The summed E-state index contributed by atoms with van der Waals surface area (Å²) in [5.74, 6) is -1.31. The van der Waals surface area contributed by atoms with E-state index in [1.54, 1.807) is 25.1 Å². The normalized spacial score (nSPS) is 9.88. The van der Waals surface area contributed by atoms with E-state index in [0.717, 1.165) is 22.2 Å². The maximum absolute atomic E-state index is 12.8. The highest BCUT2D eigenvalue weighted by Crippen LogP contribution is 2.23. The zero-order valence-corrected chi connectivity index (χ0v) is 14.6. The third kappa shape index (κ3) is 6.11. The smallest absolute Gasteiger partial charge is 0.344 e. The lowest BCUT2D eigenvalue weighted by Crippen LogP contribution is -2.24. The van der Waals surface area contributed by atoms with Crippen molar-refractivity contribution < 1.29 is 23.5 Å². The monoisotopic (exact) mass is 374 g/mol. The molecule has 0 aliphatic rings. The maximum atomic E-state index is 12.8. The number of thiocyanates is 1. The summed E-state index contributed by atoms with van der Waals surface area (Å²) in [5.41, 5.74) is 1.35. The number of amides is 1. The average molecular weight is 374 g/mol. The molecule has 0 bridgehead atoms. The first-order valence-electron chi connectivity index (χ1n) is 7.48. The van der Waals surface area contributed by atoms with Crippen molar-refractivity contribution in [2.24, 2.45) is 0 Å². The van der Waals surface area contributed by atoms with Gasteiger partial charge in [0.2, 0.25) is 0 Å². The Hall–Kier alpha value is -3.05. The first-order valence-corrected chi connectivity index (χ1v) is 8.30. The Labute approximate surface area is 153 Å². The van der Waals surface area contributed by atoms with Gasteiger partial charge in [-0.2, -0.15) is 5.26 Å². The second kappa shape index (κ2) is 9.44. The van der Waals surface area contributed by atoms with Gasteiger partial charge >= 0.3 is 5.97 Å². The predicted octanol–water partition coefficient (Wildman–Crippen LogP) is 3.27. The molecule has 134 valence electrons. The molecule has 2 aromatic rings. The molecule has 6 nitrogen and oxygen atoms in total. The van der Waals surface area contributed by atoms with Gasteiger partial charge in [-0.3, -0.25) is 4.79 Å². The van der Waals surface area contributed by atoms with Gasteiger partial charge in [0.15, 0.2) is 13.2 Å². The van der Waals surface area contributed by atoms with Crippen molar-refractivity contribution in [1.82, 2.24) is 0 Å². The second-order valence-corrected chi connectivity index (χ2v) is 5.98. The molecule has 2 rings (SSSR count). The lowest BCUT2D eigenvalue weighted by atomic mass is 10.2. The van der Waals surface area contributed by atoms with Crippen LogP contribution in [0.5, 0.6) is 5.75 Å². The standard InChI is InChI=1S/C18H15FN2O4S/c1-12-8-15(26-11-20)6-7-16(12)21-17(22)9-25-18(23)10-24-14-4-2-13(19)3-5-14/h2-8H,9-10H2,1H3,(H,21,22). The molecule has 0 aliphatic heterocycles. The zero-order chi connectivity index (χ0) is 18.9. The van der Waals surface area contributed by atoms with Crippen LogP contribution in [0.25, 0.3) is 0 Å². The lowest BCUT2D eigenvalue weighted by molar-refractivity contribution is -0.149. The quantitative estimate of drug-likeness (QED) is 0.455. The predicted molar refractivity (Wildman–Crippen MR) is 94.1 cm³/mol. The van der Waals surface area contributed by atoms with Gasteiger partial charge in [-0.25, -0.2) is 9.18 Å². The third-order valence-corrected chi connectivity index (χ3v) is 3.75. The number of esters is 1. The number of carbonyl (C=O) groups excluding carboxylic acids is 2. The van der Waals surface area contributed by atoms with Crippen molar-refractivity contribution in [1.29, 1.82) is 5.26 Å². The van der Waals surface area contributed by atoms with Gasteiger partial charge in [-0.05, 0) is 66.7 Å². The Morgan fingerprint density at radius 2 is 1.92 bits per heavy atom. The topological polar surface area (TPSA) is 88.4 Å². The van der Waals surface area contributed by atoms with E-state index in [1.165, 1.54) is 24.3 Å². The van der Waals surface area contributed by atoms with E-state index in [0.29, 0.717) is 11.4 Å². The van der Waals surface area contributed by atoms with E-state index in [9.17, 15) is 14.0 Å². The molecule has 2 aromatic carbocycles. The highest BCUT2D eigenvalue weighted by atomic mass is 32.2. The fourth-order valence-corrected chi connectivity index (χ4v) is 2.42.